The van der Waals surface area contributed by atoms with Crippen LogP contribution in [0.25, 0.3) is 0 Å². The zero-order valence-electron chi connectivity index (χ0n) is 8.06. The lowest BCUT2D eigenvalue weighted by atomic mass is 10.3. The summed E-state index contributed by atoms with van der Waals surface area (Å²) < 4.78 is 40.7. The van der Waals surface area contributed by atoms with Crippen LogP contribution in [0, 0.1) is 0 Å². The normalized spacial score (nSPS) is 14.1. The Kier molecular flexibility index (Phi) is 5.56. The van der Waals surface area contributed by atoms with Crippen LogP contribution in [0.15, 0.2) is 15.9 Å². The van der Waals surface area contributed by atoms with E-state index in [9.17, 15) is 13.2 Å². The highest BCUT2D eigenvalue weighted by Gasteiger charge is 2.27. The fraction of sp³-hybridized carbons (Fsp3) is 0.556. The zero-order chi connectivity index (χ0) is 12.2. The molecule has 0 N–H and O–H groups in total. The predicted octanol–water partition coefficient (Wildman–Crippen LogP) is 4.76. The first kappa shape index (κ1) is 14.3. The van der Waals surface area contributed by atoms with Gasteiger partial charge in [-0.25, -0.2) is 0 Å². The molecule has 0 aliphatic heterocycles. The monoisotopic (exact) mass is 336 g/mol. The number of alkyl halides is 4. The standard InChI is InChI=1S/C9H9BrClF3OS/c10-8-2-1-7(16-8)6(11)3-4-15-5-9(12,13)14/h1-2,6H,3-5H2. The summed E-state index contributed by atoms with van der Waals surface area (Å²) in [4.78, 5) is 0.921. The van der Waals surface area contributed by atoms with E-state index >= 15 is 0 Å². The van der Waals surface area contributed by atoms with Crippen molar-refractivity contribution in [2.75, 3.05) is 13.2 Å². The van der Waals surface area contributed by atoms with Crippen molar-refractivity contribution in [2.24, 2.45) is 0 Å². The summed E-state index contributed by atoms with van der Waals surface area (Å²) in [6.45, 7) is -1.21. The molecule has 0 amide bonds. The molecule has 0 aromatic carbocycles. The molecule has 0 radical (unpaired) electrons. The molecule has 1 unspecified atom stereocenters. The Balaban J connectivity index is 2.23. The summed E-state index contributed by atoms with van der Waals surface area (Å²) in [6.07, 6.45) is -3.90. The SMILES string of the molecule is FC(F)(F)COCCC(Cl)c1ccc(Br)s1. The molecule has 1 aromatic heterocycles. The van der Waals surface area contributed by atoms with Gasteiger partial charge in [-0.1, -0.05) is 0 Å². The summed E-state index contributed by atoms with van der Waals surface area (Å²) in [5, 5.41) is -0.301. The van der Waals surface area contributed by atoms with Gasteiger partial charge in [0.15, 0.2) is 0 Å². The minimum Gasteiger partial charge on any atom is -0.372 e. The van der Waals surface area contributed by atoms with Crippen LogP contribution in [-0.2, 0) is 4.74 Å². The van der Waals surface area contributed by atoms with Gasteiger partial charge < -0.3 is 4.74 Å². The second kappa shape index (κ2) is 6.23. The first-order valence-corrected chi connectivity index (χ1v) is 6.47. The van der Waals surface area contributed by atoms with E-state index < -0.39 is 12.8 Å². The molecule has 0 aliphatic carbocycles. The lowest BCUT2D eigenvalue weighted by Gasteiger charge is -2.09. The molecule has 1 aromatic rings. The molecular formula is C9H9BrClF3OS. The van der Waals surface area contributed by atoms with Gasteiger partial charge in [0.05, 0.1) is 9.16 Å². The second-order valence-corrected chi connectivity index (χ2v) is 6.09. The van der Waals surface area contributed by atoms with Crippen molar-refractivity contribution in [3.05, 3.63) is 20.8 Å². The van der Waals surface area contributed by atoms with Crippen LogP contribution in [0.5, 0.6) is 0 Å². The number of thiophene rings is 1. The molecule has 0 spiro atoms. The fourth-order valence-electron chi connectivity index (χ4n) is 1.01. The Morgan fingerprint density at radius 1 is 1.44 bits per heavy atom. The van der Waals surface area contributed by atoms with Gasteiger partial charge in [-0.3, -0.25) is 0 Å². The van der Waals surface area contributed by atoms with Crippen LogP contribution in [0.3, 0.4) is 0 Å². The molecule has 0 saturated heterocycles. The van der Waals surface area contributed by atoms with Crippen molar-refractivity contribution in [2.45, 2.75) is 18.0 Å². The van der Waals surface area contributed by atoms with Gasteiger partial charge >= 0.3 is 6.18 Å². The van der Waals surface area contributed by atoms with Crippen LogP contribution < -0.4 is 0 Å². The smallest absolute Gasteiger partial charge is 0.372 e. The van der Waals surface area contributed by atoms with Gasteiger partial charge in [0.25, 0.3) is 0 Å². The first-order chi connectivity index (χ1) is 7.38. The maximum Gasteiger partial charge on any atom is 0.411 e. The molecule has 16 heavy (non-hydrogen) atoms. The van der Waals surface area contributed by atoms with Crippen LogP contribution in [0.2, 0.25) is 0 Å². The quantitative estimate of drug-likeness (QED) is 0.556. The van der Waals surface area contributed by atoms with Gasteiger partial charge in [0, 0.05) is 11.5 Å². The Morgan fingerprint density at radius 3 is 2.62 bits per heavy atom. The van der Waals surface area contributed by atoms with E-state index in [4.69, 9.17) is 11.6 Å². The van der Waals surface area contributed by atoms with Crippen molar-refractivity contribution >= 4 is 38.9 Å². The molecule has 0 saturated carbocycles. The third-order valence-electron chi connectivity index (χ3n) is 1.68. The highest BCUT2D eigenvalue weighted by Crippen LogP contribution is 2.33. The number of hydrogen-bond donors (Lipinski definition) is 0. The molecule has 1 heterocycles. The summed E-state index contributed by atoms with van der Waals surface area (Å²) in [5.74, 6) is 0. The van der Waals surface area contributed by atoms with Crippen molar-refractivity contribution < 1.29 is 17.9 Å². The van der Waals surface area contributed by atoms with E-state index in [-0.39, 0.29) is 12.0 Å². The molecule has 92 valence electrons. The fourth-order valence-corrected chi connectivity index (χ4v) is 2.75. The van der Waals surface area contributed by atoms with Crippen LogP contribution in [0.4, 0.5) is 13.2 Å². The Labute approximate surface area is 109 Å². The van der Waals surface area contributed by atoms with Crippen LogP contribution in [-0.4, -0.2) is 19.4 Å². The van der Waals surface area contributed by atoms with Gasteiger partial charge in [0.1, 0.15) is 6.61 Å². The van der Waals surface area contributed by atoms with Crippen molar-refractivity contribution in [3.8, 4) is 0 Å². The third-order valence-corrected chi connectivity index (χ3v) is 4.00. The van der Waals surface area contributed by atoms with E-state index in [2.05, 4.69) is 20.7 Å². The third kappa shape index (κ3) is 5.52. The number of hydrogen-bond acceptors (Lipinski definition) is 2. The molecule has 1 nitrogen and oxygen atoms in total. The zero-order valence-corrected chi connectivity index (χ0v) is 11.2. The molecule has 1 rings (SSSR count). The van der Waals surface area contributed by atoms with E-state index in [1.54, 1.807) is 0 Å². The summed E-state index contributed by atoms with van der Waals surface area (Å²) in [5.41, 5.74) is 0. The van der Waals surface area contributed by atoms with Gasteiger partial charge in [-0.15, -0.1) is 22.9 Å². The highest BCUT2D eigenvalue weighted by atomic mass is 79.9. The maximum atomic E-state index is 11.7. The topological polar surface area (TPSA) is 9.23 Å². The van der Waals surface area contributed by atoms with E-state index in [1.165, 1.54) is 11.3 Å². The summed E-state index contributed by atoms with van der Waals surface area (Å²) in [6, 6.07) is 3.70. The van der Waals surface area contributed by atoms with E-state index in [1.807, 2.05) is 12.1 Å². The minimum absolute atomic E-state index is 0.00317. The van der Waals surface area contributed by atoms with Crippen molar-refractivity contribution in [1.82, 2.24) is 0 Å². The average molecular weight is 338 g/mol. The first-order valence-electron chi connectivity index (χ1n) is 4.42. The van der Waals surface area contributed by atoms with Crippen molar-refractivity contribution in [3.63, 3.8) is 0 Å². The van der Waals surface area contributed by atoms with E-state index in [0.717, 1.165) is 8.66 Å². The maximum absolute atomic E-state index is 11.7. The molecule has 7 heteroatoms. The Bertz CT molecular complexity index is 329. The summed E-state index contributed by atoms with van der Waals surface area (Å²) >= 11 is 10.8. The molecule has 0 fully saturated rings. The van der Waals surface area contributed by atoms with E-state index in [0.29, 0.717) is 6.42 Å². The Hall–Kier alpha value is 0.220. The minimum atomic E-state index is -4.27. The van der Waals surface area contributed by atoms with Crippen LogP contribution >= 0.6 is 38.9 Å². The molecule has 0 bridgehead atoms. The predicted molar refractivity (Wildman–Crippen MR) is 62.1 cm³/mol. The lowest BCUT2D eigenvalue weighted by molar-refractivity contribution is -0.174. The molecule has 0 aliphatic rings. The van der Waals surface area contributed by atoms with Gasteiger partial charge in [0.2, 0.25) is 0 Å². The number of ether oxygens (including phenoxy) is 1. The van der Waals surface area contributed by atoms with Gasteiger partial charge in [-0.2, -0.15) is 13.2 Å². The Morgan fingerprint density at radius 2 is 2.12 bits per heavy atom. The second-order valence-electron chi connectivity index (χ2n) is 3.07. The van der Waals surface area contributed by atoms with Crippen molar-refractivity contribution in [1.29, 1.82) is 0 Å². The average Bonchev–Trinajstić information content (AvgIpc) is 2.57. The largest absolute Gasteiger partial charge is 0.411 e. The lowest BCUT2D eigenvalue weighted by Crippen LogP contribution is -2.17. The summed E-state index contributed by atoms with van der Waals surface area (Å²) in [7, 11) is 0. The molecule has 1 atom stereocenters. The number of rotatable bonds is 5. The highest BCUT2D eigenvalue weighted by molar-refractivity contribution is 9.11. The number of halogens is 5. The van der Waals surface area contributed by atoms with Crippen LogP contribution in [0.1, 0.15) is 16.7 Å². The van der Waals surface area contributed by atoms with Gasteiger partial charge in [-0.05, 0) is 34.5 Å². The molecular weight excluding hydrogens is 329 g/mol.